The number of rotatable bonds is 4. The van der Waals surface area contributed by atoms with Gasteiger partial charge in [-0.3, -0.25) is 9.78 Å². The Bertz CT molecular complexity index is 654. The van der Waals surface area contributed by atoms with Crippen molar-refractivity contribution in [1.29, 1.82) is 0 Å². The number of amides is 1. The van der Waals surface area contributed by atoms with Crippen LogP contribution >= 0.6 is 0 Å². The highest BCUT2D eigenvalue weighted by Gasteiger charge is 2.30. The molecule has 3 rings (SSSR count). The van der Waals surface area contributed by atoms with Crippen LogP contribution < -0.4 is 4.90 Å². The fourth-order valence-corrected chi connectivity index (χ4v) is 3.15. The number of anilines is 1. The van der Waals surface area contributed by atoms with Gasteiger partial charge < -0.3 is 9.80 Å². The number of benzene rings is 1. The van der Waals surface area contributed by atoms with Crippen molar-refractivity contribution in [2.45, 2.75) is 25.8 Å². The molecule has 1 saturated heterocycles. The van der Waals surface area contributed by atoms with Gasteiger partial charge in [-0.25, -0.2) is 0 Å². The van der Waals surface area contributed by atoms with Crippen molar-refractivity contribution in [3.63, 3.8) is 0 Å². The molecule has 1 fully saturated rings. The van der Waals surface area contributed by atoms with E-state index in [1.807, 2.05) is 41.3 Å². The van der Waals surface area contributed by atoms with Crippen molar-refractivity contribution in [3.8, 4) is 0 Å². The summed E-state index contributed by atoms with van der Waals surface area (Å²) in [5.41, 5.74) is 3.07. The van der Waals surface area contributed by atoms with E-state index < -0.39 is 0 Å². The van der Waals surface area contributed by atoms with E-state index in [0.717, 1.165) is 37.2 Å². The van der Waals surface area contributed by atoms with Crippen LogP contribution in [-0.2, 0) is 0 Å². The Morgan fingerprint density at radius 3 is 2.57 bits per heavy atom. The largest absolute Gasteiger partial charge is 0.375 e. The minimum absolute atomic E-state index is 0.120. The van der Waals surface area contributed by atoms with E-state index in [4.69, 9.17) is 0 Å². The lowest BCUT2D eigenvalue weighted by Gasteiger charge is -2.25. The van der Waals surface area contributed by atoms with Crippen LogP contribution in [0.2, 0.25) is 0 Å². The molecule has 4 nitrogen and oxygen atoms in total. The zero-order valence-electron chi connectivity index (χ0n) is 13.8. The molecule has 0 N–H and O–H groups in total. The van der Waals surface area contributed by atoms with Gasteiger partial charge in [-0.2, -0.15) is 0 Å². The minimum Gasteiger partial charge on any atom is -0.375 e. The molecule has 0 spiro atoms. The minimum atomic E-state index is 0.120. The molecule has 1 unspecified atom stereocenters. The lowest BCUT2D eigenvalue weighted by molar-refractivity contribution is 0.0735. The Hall–Kier alpha value is -2.36. The van der Waals surface area contributed by atoms with Crippen LogP contribution in [0.5, 0.6) is 0 Å². The van der Waals surface area contributed by atoms with Crippen LogP contribution in [0.4, 0.5) is 5.69 Å². The van der Waals surface area contributed by atoms with Gasteiger partial charge in [-0.1, -0.05) is 0 Å². The summed E-state index contributed by atoms with van der Waals surface area (Å²) in [5, 5.41) is 0. The van der Waals surface area contributed by atoms with Crippen molar-refractivity contribution >= 4 is 11.6 Å². The first kappa shape index (κ1) is 15.5. The third-order valence-electron chi connectivity index (χ3n) is 4.63. The van der Waals surface area contributed by atoms with Crippen LogP contribution in [0.15, 0.2) is 48.8 Å². The molecule has 1 aromatic carbocycles. The summed E-state index contributed by atoms with van der Waals surface area (Å²) in [4.78, 5) is 21.1. The number of nitrogens with zero attached hydrogens (tertiary/aromatic N) is 3. The Kier molecular flexibility index (Phi) is 4.60. The summed E-state index contributed by atoms with van der Waals surface area (Å²) in [6.45, 7) is 3.88. The van der Waals surface area contributed by atoms with Gasteiger partial charge in [0.25, 0.3) is 5.91 Å². The molecule has 2 heterocycles. The molecule has 0 saturated carbocycles. The molecule has 1 atom stereocenters. The van der Waals surface area contributed by atoms with Crippen LogP contribution in [0, 0.1) is 0 Å². The molecule has 1 aromatic heterocycles. The predicted molar refractivity (Wildman–Crippen MR) is 92.6 cm³/mol. The number of carbonyl (C=O) groups excluding carboxylic acids is 1. The Morgan fingerprint density at radius 1 is 1.22 bits per heavy atom. The average Bonchev–Trinajstić information content (AvgIpc) is 3.11. The second-order valence-corrected chi connectivity index (χ2v) is 6.00. The first-order valence-electron chi connectivity index (χ1n) is 8.23. The number of carbonyl (C=O) groups is 1. The molecule has 2 aromatic rings. The Morgan fingerprint density at radius 2 is 1.91 bits per heavy atom. The Labute approximate surface area is 137 Å². The summed E-state index contributed by atoms with van der Waals surface area (Å²) in [6.07, 6.45) is 5.67. The van der Waals surface area contributed by atoms with Gasteiger partial charge in [-0.05, 0) is 61.7 Å². The number of likely N-dealkylation sites (tertiary alicyclic amines) is 1. The van der Waals surface area contributed by atoms with Crippen molar-refractivity contribution in [1.82, 2.24) is 9.88 Å². The maximum atomic E-state index is 12.9. The van der Waals surface area contributed by atoms with Gasteiger partial charge in [0.1, 0.15) is 0 Å². The molecule has 1 aliphatic rings. The van der Waals surface area contributed by atoms with E-state index in [0.29, 0.717) is 0 Å². The van der Waals surface area contributed by atoms with Crippen molar-refractivity contribution < 1.29 is 4.79 Å². The SMILES string of the molecule is CCN(C)c1ccc(C(=O)N2CCCC2c2ccncc2)cc1. The number of hydrogen-bond acceptors (Lipinski definition) is 3. The smallest absolute Gasteiger partial charge is 0.254 e. The molecule has 0 radical (unpaired) electrons. The van der Waals surface area contributed by atoms with Crippen LogP contribution in [0.25, 0.3) is 0 Å². The molecule has 23 heavy (non-hydrogen) atoms. The van der Waals surface area contributed by atoms with Gasteiger partial charge in [0, 0.05) is 43.8 Å². The summed E-state index contributed by atoms with van der Waals surface area (Å²) >= 11 is 0. The van der Waals surface area contributed by atoms with Crippen LogP contribution in [-0.4, -0.2) is 35.9 Å². The van der Waals surface area contributed by atoms with Crippen LogP contribution in [0.3, 0.4) is 0 Å². The standard InChI is InChI=1S/C19H23N3O/c1-3-21(2)17-8-6-16(7-9-17)19(23)22-14-4-5-18(22)15-10-12-20-13-11-15/h6-13,18H,3-5,14H2,1-2H3. The monoisotopic (exact) mass is 309 g/mol. The summed E-state index contributed by atoms with van der Waals surface area (Å²) in [6, 6.07) is 12.1. The van der Waals surface area contributed by atoms with Gasteiger partial charge in [-0.15, -0.1) is 0 Å². The first-order chi connectivity index (χ1) is 11.2. The maximum absolute atomic E-state index is 12.9. The van der Waals surface area contributed by atoms with E-state index in [1.54, 1.807) is 12.4 Å². The van der Waals surface area contributed by atoms with E-state index in [2.05, 4.69) is 23.9 Å². The maximum Gasteiger partial charge on any atom is 0.254 e. The second-order valence-electron chi connectivity index (χ2n) is 6.00. The predicted octanol–water partition coefficient (Wildman–Crippen LogP) is 3.52. The first-order valence-corrected chi connectivity index (χ1v) is 8.23. The average molecular weight is 309 g/mol. The molecular formula is C19H23N3O. The highest BCUT2D eigenvalue weighted by atomic mass is 16.2. The van der Waals surface area contributed by atoms with E-state index in [1.165, 1.54) is 5.56 Å². The summed E-state index contributed by atoms with van der Waals surface area (Å²) in [7, 11) is 2.05. The molecule has 4 heteroatoms. The zero-order chi connectivity index (χ0) is 16.2. The van der Waals surface area contributed by atoms with E-state index in [-0.39, 0.29) is 11.9 Å². The van der Waals surface area contributed by atoms with Crippen molar-refractivity contribution in [3.05, 3.63) is 59.9 Å². The number of pyridine rings is 1. The lowest BCUT2D eigenvalue weighted by Crippen LogP contribution is -2.30. The third kappa shape index (κ3) is 3.21. The highest BCUT2D eigenvalue weighted by Crippen LogP contribution is 2.32. The molecule has 1 aliphatic heterocycles. The molecule has 1 amide bonds. The zero-order valence-corrected chi connectivity index (χ0v) is 13.8. The van der Waals surface area contributed by atoms with E-state index in [9.17, 15) is 4.79 Å². The normalized spacial score (nSPS) is 17.3. The summed E-state index contributed by atoms with van der Waals surface area (Å²) < 4.78 is 0. The molecule has 0 aliphatic carbocycles. The van der Waals surface area contributed by atoms with Crippen molar-refractivity contribution in [2.24, 2.45) is 0 Å². The molecular weight excluding hydrogens is 286 g/mol. The molecule has 120 valence electrons. The fraction of sp³-hybridized carbons (Fsp3) is 0.368. The van der Waals surface area contributed by atoms with Crippen LogP contribution in [0.1, 0.15) is 41.7 Å². The van der Waals surface area contributed by atoms with Gasteiger partial charge in [0.05, 0.1) is 6.04 Å². The lowest BCUT2D eigenvalue weighted by atomic mass is 10.1. The summed E-state index contributed by atoms with van der Waals surface area (Å²) in [5.74, 6) is 0.120. The number of hydrogen-bond donors (Lipinski definition) is 0. The van der Waals surface area contributed by atoms with Gasteiger partial charge in [0.2, 0.25) is 0 Å². The molecule has 0 bridgehead atoms. The number of aromatic nitrogens is 1. The topological polar surface area (TPSA) is 36.4 Å². The second kappa shape index (κ2) is 6.82. The van der Waals surface area contributed by atoms with Gasteiger partial charge in [0.15, 0.2) is 0 Å². The van der Waals surface area contributed by atoms with Crippen molar-refractivity contribution in [2.75, 3.05) is 25.0 Å². The highest BCUT2D eigenvalue weighted by molar-refractivity contribution is 5.95. The fourth-order valence-electron chi connectivity index (χ4n) is 3.15. The van der Waals surface area contributed by atoms with E-state index >= 15 is 0 Å². The van der Waals surface area contributed by atoms with Gasteiger partial charge >= 0.3 is 0 Å². The quantitative estimate of drug-likeness (QED) is 0.867. The third-order valence-corrected chi connectivity index (χ3v) is 4.63. The Balaban J connectivity index is 1.79.